The SMILES string of the molecule is CC(CO)c1cc(N2CCC(C)(O)CC2)nc(Cl)n1. The van der Waals surface area contributed by atoms with Gasteiger partial charge in [-0.3, -0.25) is 0 Å². The third-order valence-corrected chi connectivity index (χ3v) is 3.82. The smallest absolute Gasteiger partial charge is 0.224 e. The topological polar surface area (TPSA) is 69.5 Å². The van der Waals surface area contributed by atoms with E-state index in [0.29, 0.717) is 12.8 Å². The van der Waals surface area contributed by atoms with Gasteiger partial charge in [-0.2, -0.15) is 0 Å². The van der Waals surface area contributed by atoms with Crippen molar-refractivity contribution in [3.63, 3.8) is 0 Å². The van der Waals surface area contributed by atoms with E-state index in [1.54, 1.807) is 0 Å². The van der Waals surface area contributed by atoms with Gasteiger partial charge in [-0.25, -0.2) is 9.97 Å². The Morgan fingerprint density at radius 3 is 2.63 bits per heavy atom. The molecule has 2 heterocycles. The highest BCUT2D eigenvalue weighted by molar-refractivity contribution is 6.28. The molecule has 0 radical (unpaired) electrons. The Kier molecular flexibility index (Phi) is 4.28. The van der Waals surface area contributed by atoms with E-state index < -0.39 is 5.60 Å². The van der Waals surface area contributed by atoms with Crippen molar-refractivity contribution in [3.8, 4) is 0 Å². The second-order valence-corrected chi connectivity index (χ2v) is 5.83. The number of halogens is 1. The van der Waals surface area contributed by atoms with Crippen LogP contribution in [0.3, 0.4) is 0 Å². The van der Waals surface area contributed by atoms with E-state index >= 15 is 0 Å². The number of nitrogens with zero attached hydrogens (tertiary/aromatic N) is 3. The number of anilines is 1. The molecule has 1 aromatic heterocycles. The maximum atomic E-state index is 9.96. The van der Waals surface area contributed by atoms with Crippen LogP contribution in [0.1, 0.15) is 38.3 Å². The van der Waals surface area contributed by atoms with E-state index in [9.17, 15) is 10.2 Å². The molecule has 1 aliphatic rings. The number of hydrogen-bond donors (Lipinski definition) is 2. The lowest BCUT2D eigenvalue weighted by Crippen LogP contribution is -2.42. The summed E-state index contributed by atoms with van der Waals surface area (Å²) in [6.07, 6.45) is 1.42. The molecule has 6 heteroatoms. The average molecular weight is 286 g/mol. The van der Waals surface area contributed by atoms with E-state index in [4.69, 9.17) is 11.6 Å². The molecule has 1 fully saturated rings. The lowest BCUT2D eigenvalue weighted by atomic mass is 9.94. The third-order valence-electron chi connectivity index (χ3n) is 3.65. The Balaban J connectivity index is 2.19. The quantitative estimate of drug-likeness (QED) is 0.825. The van der Waals surface area contributed by atoms with Crippen LogP contribution in [-0.2, 0) is 0 Å². The summed E-state index contributed by atoms with van der Waals surface area (Å²) in [5.41, 5.74) is 0.156. The van der Waals surface area contributed by atoms with E-state index in [1.165, 1.54) is 0 Å². The van der Waals surface area contributed by atoms with Crippen molar-refractivity contribution in [3.05, 3.63) is 17.0 Å². The summed E-state index contributed by atoms with van der Waals surface area (Å²) in [5, 5.41) is 19.4. The summed E-state index contributed by atoms with van der Waals surface area (Å²) in [6, 6.07) is 1.87. The first-order valence-corrected chi connectivity index (χ1v) is 6.92. The normalized spacial score (nSPS) is 20.4. The first-order valence-electron chi connectivity index (χ1n) is 6.54. The van der Waals surface area contributed by atoms with Crippen LogP contribution < -0.4 is 4.90 Å². The van der Waals surface area contributed by atoms with Crippen molar-refractivity contribution in [2.24, 2.45) is 0 Å². The zero-order valence-electron chi connectivity index (χ0n) is 11.3. The molecule has 0 amide bonds. The molecule has 0 saturated carbocycles. The summed E-state index contributed by atoms with van der Waals surface area (Å²) in [4.78, 5) is 10.5. The molecule has 1 atom stereocenters. The largest absolute Gasteiger partial charge is 0.396 e. The lowest BCUT2D eigenvalue weighted by Gasteiger charge is -2.36. The van der Waals surface area contributed by atoms with E-state index in [1.807, 2.05) is 19.9 Å². The van der Waals surface area contributed by atoms with Crippen LogP contribution in [0.4, 0.5) is 5.82 Å². The fraction of sp³-hybridized carbons (Fsp3) is 0.692. The molecule has 19 heavy (non-hydrogen) atoms. The van der Waals surface area contributed by atoms with Crippen molar-refractivity contribution < 1.29 is 10.2 Å². The predicted octanol–water partition coefficient (Wildman–Crippen LogP) is 1.58. The maximum Gasteiger partial charge on any atom is 0.224 e. The van der Waals surface area contributed by atoms with Crippen LogP contribution in [0.2, 0.25) is 5.28 Å². The summed E-state index contributed by atoms with van der Waals surface area (Å²) in [6.45, 7) is 5.27. The molecule has 106 valence electrons. The molecular weight excluding hydrogens is 266 g/mol. The summed E-state index contributed by atoms with van der Waals surface area (Å²) >= 11 is 5.95. The van der Waals surface area contributed by atoms with Gasteiger partial charge in [-0.1, -0.05) is 6.92 Å². The molecule has 1 aromatic rings. The monoisotopic (exact) mass is 285 g/mol. The molecule has 1 aliphatic heterocycles. The molecule has 1 saturated heterocycles. The van der Waals surface area contributed by atoms with Crippen molar-refractivity contribution >= 4 is 17.4 Å². The Hall–Kier alpha value is -0.910. The van der Waals surface area contributed by atoms with E-state index in [2.05, 4.69) is 14.9 Å². The first kappa shape index (κ1) is 14.5. The van der Waals surface area contributed by atoms with Crippen LogP contribution in [0, 0.1) is 0 Å². The lowest BCUT2D eigenvalue weighted by molar-refractivity contribution is 0.0350. The minimum absolute atomic E-state index is 0.0293. The molecular formula is C13H20ClN3O2. The predicted molar refractivity (Wildman–Crippen MR) is 74.6 cm³/mol. The fourth-order valence-corrected chi connectivity index (χ4v) is 2.33. The zero-order chi connectivity index (χ0) is 14.0. The van der Waals surface area contributed by atoms with Gasteiger partial charge in [-0.15, -0.1) is 0 Å². The Bertz CT molecular complexity index is 444. The minimum Gasteiger partial charge on any atom is -0.396 e. The van der Waals surface area contributed by atoms with Crippen LogP contribution in [-0.4, -0.2) is 45.5 Å². The van der Waals surface area contributed by atoms with Gasteiger partial charge in [-0.05, 0) is 31.4 Å². The molecule has 0 bridgehead atoms. The van der Waals surface area contributed by atoms with Crippen LogP contribution >= 0.6 is 11.6 Å². The zero-order valence-corrected chi connectivity index (χ0v) is 12.1. The number of rotatable bonds is 3. The first-order chi connectivity index (χ1) is 8.91. The van der Waals surface area contributed by atoms with Gasteiger partial charge < -0.3 is 15.1 Å². The Morgan fingerprint density at radius 1 is 1.42 bits per heavy atom. The minimum atomic E-state index is -0.589. The van der Waals surface area contributed by atoms with Gasteiger partial charge in [0.2, 0.25) is 5.28 Å². The van der Waals surface area contributed by atoms with Gasteiger partial charge in [0.15, 0.2) is 0 Å². The second-order valence-electron chi connectivity index (χ2n) is 5.49. The average Bonchev–Trinajstić information content (AvgIpc) is 2.37. The van der Waals surface area contributed by atoms with Crippen molar-refractivity contribution in [2.75, 3.05) is 24.6 Å². The highest BCUT2D eigenvalue weighted by atomic mass is 35.5. The van der Waals surface area contributed by atoms with Gasteiger partial charge in [0.05, 0.1) is 17.9 Å². The van der Waals surface area contributed by atoms with Gasteiger partial charge in [0, 0.05) is 25.1 Å². The standard InChI is InChI=1S/C13H20ClN3O2/c1-9(8-18)10-7-11(16-12(14)15-10)17-5-3-13(2,19)4-6-17/h7,9,18-19H,3-6,8H2,1-2H3. The van der Waals surface area contributed by atoms with Gasteiger partial charge >= 0.3 is 0 Å². The van der Waals surface area contributed by atoms with Crippen molar-refractivity contribution in [2.45, 2.75) is 38.2 Å². The van der Waals surface area contributed by atoms with E-state index in [0.717, 1.165) is 24.6 Å². The van der Waals surface area contributed by atoms with Gasteiger partial charge in [0.25, 0.3) is 0 Å². The number of aliphatic hydroxyl groups is 2. The van der Waals surface area contributed by atoms with Crippen LogP contribution in [0.25, 0.3) is 0 Å². The highest BCUT2D eigenvalue weighted by Gasteiger charge is 2.28. The van der Waals surface area contributed by atoms with Crippen LogP contribution in [0.15, 0.2) is 6.07 Å². The molecule has 2 rings (SSSR count). The number of aromatic nitrogens is 2. The third kappa shape index (κ3) is 3.55. The summed E-state index contributed by atoms with van der Waals surface area (Å²) in [5.74, 6) is 0.706. The summed E-state index contributed by atoms with van der Waals surface area (Å²) < 4.78 is 0. The van der Waals surface area contributed by atoms with Crippen LogP contribution in [0.5, 0.6) is 0 Å². The summed E-state index contributed by atoms with van der Waals surface area (Å²) in [7, 11) is 0. The van der Waals surface area contributed by atoms with Crippen molar-refractivity contribution in [1.29, 1.82) is 0 Å². The second kappa shape index (κ2) is 5.61. The number of piperidine rings is 1. The van der Waals surface area contributed by atoms with Crippen molar-refractivity contribution in [1.82, 2.24) is 9.97 Å². The van der Waals surface area contributed by atoms with E-state index in [-0.39, 0.29) is 17.8 Å². The maximum absolute atomic E-state index is 9.96. The molecule has 2 N–H and O–H groups in total. The Labute approximate surface area is 118 Å². The molecule has 0 aromatic carbocycles. The number of aliphatic hydroxyl groups excluding tert-OH is 1. The number of hydrogen-bond acceptors (Lipinski definition) is 5. The molecule has 0 spiro atoms. The molecule has 0 aliphatic carbocycles. The van der Waals surface area contributed by atoms with Gasteiger partial charge in [0.1, 0.15) is 5.82 Å². The fourth-order valence-electron chi connectivity index (χ4n) is 2.15. The molecule has 1 unspecified atom stereocenters. The molecule has 5 nitrogen and oxygen atoms in total. The highest BCUT2D eigenvalue weighted by Crippen LogP contribution is 2.27. The Morgan fingerprint density at radius 2 is 2.05 bits per heavy atom.